The number of amides is 1. The lowest BCUT2D eigenvalue weighted by atomic mass is 9.54. The Bertz CT molecular complexity index is 907. The van der Waals surface area contributed by atoms with Crippen LogP contribution >= 0.6 is 0 Å². The van der Waals surface area contributed by atoms with Gasteiger partial charge in [-0.15, -0.1) is 0 Å². The summed E-state index contributed by atoms with van der Waals surface area (Å²) in [5.74, 6) is 2.56. The number of sulfonamides is 1. The average molecular weight is 422 g/mol. The van der Waals surface area contributed by atoms with Crippen molar-refractivity contribution < 1.29 is 13.2 Å². The summed E-state index contributed by atoms with van der Waals surface area (Å²) >= 11 is 0. The van der Waals surface area contributed by atoms with Crippen molar-refractivity contribution in [3.63, 3.8) is 0 Å². The van der Waals surface area contributed by atoms with Gasteiger partial charge in [-0.1, -0.05) is 13.8 Å². The van der Waals surface area contributed by atoms with Gasteiger partial charge in [-0.3, -0.25) is 9.59 Å². The van der Waals surface area contributed by atoms with Crippen LogP contribution in [0.3, 0.4) is 0 Å². The van der Waals surface area contributed by atoms with Gasteiger partial charge >= 0.3 is 0 Å². The van der Waals surface area contributed by atoms with E-state index in [0.717, 1.165) is 11.8 Å². The van der Waals surface area contributed by atoms with E-state index in [2.05, 4.69) is 5.32 Å². The van der Waals surface area contributed by atoms with E-state index in [-0.39, 0.29) is 28.9 Å². The molecule has 29 heavy (non-hydrogen) atoms. The molecule has 0 unspecified atom stereocenters. The second kappa shape index (κ2) is 7.87. The first-order valence-electron chi connectivity index (χ1n) is 10.8. The van der Waals surface area contributed by atoms with E-state index in [1.165, 1.54) is 59.3 Å². The molecule has 7 nitrogen and oxygen atoms in total. The summed E-state index contributed by atoms with van der Waals surface area (Å²) in [6, 6.07) is 2.75. The standard InChI is InChI=1S/C21H31N3O4S/c1-3-24(4-2)29(27,28)18-5-6-20(26)23(12-18)13-19(25)22-21-16-8-14-7-15(10-16)11-17(21)9-14/h5-6,12,14-17,21H,3-4,7-11,13H2,1-2H3,(H,22,25). The number of carbonyl (C=O) groups is 1. The first-order chi connectivity index (χ1) is 13.8. The van der Waals surface area contributed by atoms with E-state index >= 15 is 0 Å². The lowest BCUT2D eigenvalue weighted by Crippen LogP contribution is -2.56. The van der Waals surface area contributed by atoms with Gasteiger partial charge in [0.15, 0.2) is 0 Å². The van der Waals surface area contributed by atoms with Gasteiger partial charge in [-0.25, -0.2) is 8.42 Å². The maximum Gasteiger partial charge on any atom is 0.251 e. The topological polar surface area (TPSA) is 88.5 Å². The Hall–Kier alpha value is -1.67. The number of rotatable bonds is 7. The molecule has 1 heterocycles. The third-order valence-corrected chi connectivity index (χ3v) is 9.20. The van der Waals surface area contributed by atoms with Gasteiger partial charge in [0.05, 0.1) is 4.90 Å². The van der Waals surface area contributed by atoms with Crippen LogP contribution in [0.1, 0.15) is 46.0 Å². The molecule has 0 aliphatic heterocycles. The second-order valence-corrected chi connectivity index (χ2v) is 10.9. The largest absolute Gasteiger partial charge is 0.351 e. The average Bonchev–Trinajstić information content (AvgIpc) is 2.66. The molecule has 0 atom stereocenters. The highest BCUT2D eigenvalue weighted by atomic mass is 32.2. The third-order valence-electron chi connectivity index (χ3n) is 7.17. The van der Waals surface area contributed by atoms with Gasteiger partial charge < -0.3 is 9.88 Å². The lowest BCUT2D eigenvalue weighted by Gasteiger charge is -2.54. The minimum Gasteiger partial charge on any atom is -0.351 e. The quantitative estimate of drug-likeness (QED) is 0.727. The van der Waals surface area contributed by atoms with Crippen LogP contribution in [0.4, 0.5) is 0 Å². The SMILES string of the molecule is CCN(CC)S(=O)(=O)c1ccc(=O)n(CC(=O)NC2C3CC4CC(C3)CC2C4)c1. The van der Waals surface area contributed by atoms with Crippen molar-refractivity contribution in [2.75, 3.05) is 13.1 Å². The van der Waals surface area contributed by atoms with E-state index in [1.54, 1.807) is 13.8 Å². The monoisotopic (exact) mass is 421 g/mol. The molecule has 1 N–H and O–H groups in total. The summed E-state index contributed by atoms with van der Waals surface area (Å²) in [6.07, 6.45) is 7.47. The fourth-order valence-corrected chi connectivity index (χ4v) is 7.52. The molecule has 4 aliphatic carbocycles. The molecule has 4 saturated carbocycles. The highest BCUT2D eigenvalue weighted by Gasteiger charge is 2.48. The van der Waals surface area contributed by atoms with Gasteiger partial charge in [0.1, 0.15) is 6.54 Å². The summed E-state index contributed by atoms with van der Waals surface area (Å²) in [7, 11) is -3.68. The van der Waals surface area contributed by atoms with Crippen LogP contribution in [0.5, 0.6) is 0 Å². The first kappa shape index (κ1) is 20.6. The van der Waals surface area contributed by atoms with Gasteiger partial charge in [0, 0.05) is 31.4 Å². The van der Waals surface area contributed by atoms with Crippen LogP contribution < -0.4 is 10.9 Å². The van der Waals surface area contributed by atoms with Crippen LogP contribution in [-0.4, -0.2) is 42.3 Å². The Labute approximate surface area is 172 Å². The highest BCUT2D eigenvalue weighted by Crippen LogP contribution is 2.53. The summed E-state index contributed by atoms with van der Waals surface area (Å²) in [4.78, 5) is 25.0. The Kier molecular flexibility index (Phi) is 5.59. The second-order valence-electron chi connectivity index (χ2n) is 8.94. The molecule has 0 radical (unpaired) electrons. The number of carbonyl (C=O) groups excluding carboxylic acids is 1. The first-order valence-corrected chi connectivity index (χ1v) is 12.3. The molecule has 4 bridgehead atoms. The van der Waals surface area contributed by atoms with Gasteiger partial charge in [-0.05, 0) is 61.8 Å². The van der Waals surface area contributed by atoms with Crippen molar-refractivity contribution in [3.05, 3.63) is 28.7 Å². The predicted octanol–water partition coefficient (Wildman–Crippen LogP) is 1.82. The normalized spacial score (nSPS) is 30.7. The van der Waals surface area contributed by atoms with Gasteiger partial charge in [-0.2, -0.15) is 4.31 Å². The Morgan fingerprint density at radius 1 is 1.07 bits per heavy atom. The van der Waals surface area contributed by atoms with Crippen molar-refractivity contribution in [1.29, 1.82) is 0 Å². The fraction of sp³-hybridized carbons (Fsp3) is 0.714. The maximum absolute atomic E-state index is 12.7. The van der Waals surface area contributed by atoms with Crippen LogP contribution in [-0.2, 0) is 21.4 Å². The van der Waals surface area contributed by atoms with E-state index in [0.29, 0.717) is 24.9 Å². The number of aromatic nitrogens is 1. The molecule has 1 amide bonds. The smallest absolute Gasteiger partial charge is 0.251 e. The van der Waals surface area contributed by atoms with Crippen LogP contribution in [0.25, 0.3) is 0 Å². The van der Waals surface area contributed by atoms with E-state index in [9.17, 15) is 18.0 Å². The molecule has 0 aromatic carbocycles. The zero-order valence-corrected chi connectivity index (χ0v) is 18.0. The molecule has 8 heteroatoms. The van der Waals surface area contributed by atoms with E-state index < -0.39 is 10.0 Å². The van der Waals surface area contributed by atoms with Crippen molar-refractivity contribution in [3.8, 4) is 0 Å². The van der Waals surface area contributed by atoms with Crippen molar-refractivity contribution in [1.82, 2.24) is 14.2 Å². The highest BCUT2D eigenvalue weighted by molar-refractivity contribution is 7.89. The molecule has 1 aromatic rings. The molecule has 0 saturated heterocycles. The van der Waals surface area contributed by atoms with E-state index in [1.807, 2.05) is 0 Å². The minimum atomic E-state index is -3.68. The predicted molar refractivity (Wildman–Crippen MR) is 110 cm³/mol. The Balaban J connectivity index is 1.48. The number of hydrogen-bond donors (Lipinski definition) is 1. The Morgan fingerprint density at radius 3 is 2.21 bits per heavy atom. The minimum absolute atomic E-state index is 0.0447. The molecule has 0 spiro atoms. The van der Waals surface area contributed by atoms with Crippen LogP contribution in [0.15, 0.2) is 28.0 Å². The van der Waals surface area contributed by atoms with Crippen LogP contribution in [0, 0.1) is 23.7 Å². The zero-order valence-electron chi connectivity index (χ0n) is 17.2. The van der Waals surface area contributed by atoms with Crippen LogP contribution in [0.2, 0.25) is 0 Å². The molecule has 160 valence electrons. The molecular formula is C21H31N3O4S. The lowest BCUT2D eigenvalue weighted by molar-refractivity contribution is -0.125. The number of hydrogen-bond acceptors (Lipinski definition) is 4. The summed E-state index contributed by atoms with van der Waals surface area (Å²) in [5, 5.41) is 3.18. The molecular weight excluding hydrogens is 390 g/mol. The summed E-state index contributed by atoms with van der Waals surface area (Å²) in [5.41, 5.74) is -0.372. The van der Waals surface area contributed by atoms with E-state index in [4.69, 9.17) is 0 Å². The zero-order chi connectivity index (χ0) is 20.8. The number of nitrogens with one attached hydrogen (secondary N) is 1. The summed E-state index contributed by atoms with van der Waals surface area (Å²) in [6.45, 7) is 4.10. The maximum atomic E-state index is 12.7. The molecule has 1 aromatic heterocycles. The fourth-order valence-electron chi connectivity index (χ4n) is 6.05. The van der Waals surface area contributed by atoms with Crippen molar-refractivity contribution >= 4 is 15.9 Å². The summed E-state index contributed by atoms with van der Waals surface area (Å²) < 4.78 is 28.0. The van der Waals surface area contributed by atoms with Gasteiger partial charge in [0.2, 0.25) is 15.9 Å². The Morgan fingerprint density at radius 2 is 1.66 bits per heavy atom. The van der Waals surface area contributed by atoms with Crippen molar-refractivity contribution in [2.24, 2.45) is 23.7 Å². The van der Waals surface area contributed by atoms with Gasteiger partial charge in [0.25, 0.3) is 5.56 Å². The molecule has 4 fully saturated rings. The molecule has 4 aliphatic rings. The third kappa shape index (κ3) is 3.89. The number of pyridine rings is 1. The number of nitrogens with zero attached hydrogens (tertiary/aromatic N) is 2. The molecule has 5 rings (SSSR count). The van der Waals surface area contributed by atoms with Crippen molar-refractivity contribution in [2.45, 2.75) is 63.4 Å².